The molecule has 0 bridgehead atoms. The van der Waals surface area contributed by atoms with Crippen molar-refractivity contribution < 1.29 is 26.7 Å². The van der Waals surface area contributed by atoms with Gasteiger partial charge in [0.15, 0.2) is 17.5 Å². The lowest BCUT2D eigenvalue weighted by molar-refractivity contribution is -0.185. The van der Waals surface area contributed by atoms with Crippen molar-refractivity contribution in [1.82, 2.24) is 0 Å². The van der Waals surface area contributed by atoms with Gasteiger partial charge in [0.2, 0.25) is 0 Å². The minimum atomic E-state index is -4.00. The van der Waals surface area contributed by atoms with Gasteiger partial charge in [0.1, 0.15) is 5.75 Å². The van der Waals surface area contributed by atoms with Gasteiger partial charge >= 0.3 is 6.11 Å². The van der Waals surface area contributed by atoms with Crippen LogP contribution in [0.1, 0.15) is 101 Å². The van der Waals surface area contributed by atoms with Crippen LogP contribution in [0.5, 0.6) is 5.75 Å². The molecule has 198 valence electrons. The summed E-state index contributed by atoms with van der Waals surface area (Å²) in [5, 5.41) is 0. The zero-order valence-corrected chi connectivity index (χ0v) is 21.1. The summed E-state index contributed by atoms with van der Waals surface area (Å²) in [5.41, 5.74) is 0.0268. The van der Waals surface area contributed by atoms with Crippen molar-refractivity contribution in [2.24, 2.45) is 17.8 Å². The van der Waals surface area contributed by atoms with Crippen LogP contribution in [0.25, 0.3) is 0 Å². The van der Waals surface area contributed by atoms with E-state index in [-0.39, 0.29) is 17.9 Å². The van der Waals surface area contributed by atoms with Crippen LogP contribution in [0.2, 0.25) is 0 Å². The smallest absolute Gasteiger partial charge is 0.426 e. The number of hydrogen-bond acceptors (Lipinski definition) is 1. The van der Waals surface area contributed by atoms with Gasteiger partial charge in [0.25, 0.3) is 0 Å². The van der Waals surface area contributed by atoms with Gasteiger partial charge in [-0.15, -0.1) is 0 Å². The molecule has 0 N–H and O–H groups in total. The molecule has 0 amide bonds. The van der Waals surface area contributed by atoms with Crippen molar-refractivity contribution in [3.63, 3.8) is 0 Å². The third-order valence-corrected chi connectivity index (χ3v) is 8.46. The fraction of sp³-hybridized carbons (Fsp3) is 0.600. The molecular weight excluding hydrogens is 471 g/mol. The highest BCUT2D eigenvalue weighted by molar-refractivity contribution is 5.31. The summed E-state index contributed by atoms with van der Waals surface area (Å²) >= 11 is 0. The summed E-state index contributed by atoms with van der Waals surface area (Å²) in [6.45, 7) is 2.26. The van der Waals surface area contributed by atoms with E-state index in [2.05, 4.69) is 6.92 Å². The third kappa shape index (κ3) is 6.60. The highest BCUT2D eigenvalue weighted by Gasteiger charge is 2.37. The molecule has 0 heterocycles. The molecule has 0 aliphatic heterocycles. The van der Waals surface area contributed by atoms with Gasteiger partial charge in [0, 0.05) is 0 Å². The zero-order chi connectivity index (χ0) is 25.7. The molecule has 0 saturated heterocycles. The lowest BCUT2D eigenvalue weighted by atomic mass is 9.68. The monoisotopic (exact) mass is 508 g/mol. The van der Waals surface area contributed by atoms with Gasteiger partial charge in [0.05, 0.1) is 5.56 Å². The number of benzene rings is 2. The topological polar surface area (TPSA) is 9.23 Å². The molecule has 0 radical (unpaired) electrons. The molecule has 2 aromatic rings. The number of unbranched alkanes of at least 4 members (excludes halogenated alkanes) is 2. The van der Waals surface area contributed by atoms with Crippen molar-refractivity contribution in [2.45, 2.75) is 96.0 Å². The van der Waals surface area contributed by atoms with E-state index in [4.69, 9.17) is 4.74 Å². The molecule has 0 atom stereocenters. The number of hydrogen-bond donors (Lipinski definition) is 0. The molecule has 2 saturated carbocycles. The van der Waals surface area contributed by atoms with Crippen LogP contribution in [-0.4, -0.2) is 0 Å². The quantitative estimate of drug-likeness (QED) is 0.186. The van der Waals surface area contributed by atoms with Gasteiger partial charge < -0.3 is 4.74 Å². The van der Waals surface area contributed by atoms with E-state index in [0.717, 1.165) is 36.2 Å². The summed E-state index contributed by atoms with van der Waals surface area (Å²) in [7, 11) is 0. The van der Waals surface area contributed by atoms with Crippen molar-refractivity contribution in [2.75, 3.05) is 0 Å². The van der Waals surface area contributed by atoms with E-state index in [1.54, 1.807) is 12.1 Å². The van der Waals surface area contributed by atoms with Gasteiger partial charge in [-0.25, -0.2) is 13.2 Å². The molecule has 0 aromatic heterocycles. The van der Waals surface area contributed by atoms with Crippen LogP contribution < -0.4 is 4.74 Å². The Balaban J connectivity index is 1.27. The molecular formula is C30H37F5O. The van der Waals surface area contributed by atoms with Gasteiger partial charge in [-0.05, 0) is 92.0 Å². The average molecular weight is 509 g/mol. The second-order valence-electron chi connectivity index (χ2n) is 10.8. The molecule has 0 spiro atoms. The van der Waals surface area contributed by atoms with E-state index >= 15 is 0 Å². The minimum absolute atomic E-state index is 0.113. The van der Waals surface area contributed by atoms with Crippen LogP contribution in [-0.2, 0) is 6.11 Å². The molecule has 2 aliphatic rings. The first-order chi connectivity index (χ1) is 17.3. The summed E-state index contributed by atoms with van der Waals surface area (Å²) in [6.07, 6.45) is 11.6. The zero-order valence-electron chi connectivity index (χ0n) is 21.1. The predicted molar refractivity (Wildman–Crippen MR) is 132 cm³/mol. The first-order valence-electron chi connectivity index (χ1n) is 13.6. The Bertz CT molecular complexity index is 950. The van der Waals surface area contributed by atoms with Crippen molar-refractivity contribution >= 4 is 0 Å². The maximum atomic E-state index is 14.4. The Morgan fingerprint density at radius 2 is 1.33 bits per heavy atom. The lowest BCUT2D eigenvalue weighted by Gasteiger charge is -2.38. The van der Waals surface area contributed by atoms with E-state index in [0.29, 0.717) is 5.92 Å². The fourth-order valence-electron chi connectivity index (χ4n) is 6.29. The van der Waals surface area contributed by atoms with E-state index in [9.17, 15) is 22.0 Å². The first-order valence-corrected chi connectivity index (χ1v) is 13.6. The second kappa shape index (κ2) is 12.0. The molecule has 2 fully saturated rings. The van der Waals surface area contributed by atoms with E-state index < -0.39 is 29.1 Å². The third-order valence-electron chi connectivity index (χ3n) is 8.46. The predicted octanol–water partition coefficient (Wildman–Crippen LogP) is 9.89. The van der Waals surface area contributed by atoms with Crippen molar-refractivity contribution in [3.05, 3.63) is 65.0 Å². The first kappa shape index (κ1) is 26.9. The molecule has 6 heteroatoms. The molecule has 36 heavy (non-hydrogen) atoms. The summed E-state index contributed by atoms with van der Waals surface area (Å²) in [4.78, 5) is 0. The molecule has 1 nitrogen and oxygen atoms in total. The largest absolute Gasteiger partial charge is 0.429 e. The normalized spacial score (nSPS) is 25.1. The molecule has 4 rings (SSSR count). The maximum absolute atomic E-state index is 14.4. The Kier molecular flexibility index (Phi) is 8.95. The Morgan fingerprint density at radius 3 is 1.89 bits per heavy atom. The molecule has 2 aliphatic carbocycles. The Labute approximate surface area is 211 Å². The van der Waals surface area contributed by atoms with Crippen LogP contribution in [0.15, 0.2) is 36.4 Å². The standard InChI is InChI=1S/C30H37F5O/c1-2-3-4-5-20-6-8-21(9-7-20)22-10-12-23(13-11-22)24-14-16-26(17-15-24)36-30(34,35)25-18-27(31)29(33)28(32)19-25/h14-23H,2-13H2,1H3. The number of ether oxygens (including phenoxy) is 1. The maximum Gasteiger partial charge on any atom is 0.426 e. The average Bonchev–Trinajstić information content (AvgIpc) is 2.88. The van der Waals surface area contributed by atoms with Crippen LogP contribution >= 0.6 is 0 Å². The Morgan fingerprint density at radius 1 is 0.778 bits per heavy atom. The highest BCUT2D eigenvalue weighted by atomic mass is 19.3. The fourth-order valence-corrected chi connectivity index (χ4v) is 6.29. The summed E-state index contributed by atoms with van der Waals surface area (Å²) in [6, 6.07) is 7.03. The number of rotatable bonds is 9. The Hall–Kier alpha value is -2.11. The molecule has 2 aromatic carbocycles. The highest BCUT2D eigenvalue weighted by Crippen LogP contribution is 2.45. The van der Waals surface area contributed by atoms with Gasteiger partial charge in [-0.3, -0.25) is 0 Å². The SMILES string of the molecule is CCCCCC1CCC(C2CCC(c3ccc(OC(F)(F)c4cc(F)c(F)c(F)c4)cc3)CC2)CC1. The van der Waals surface area contributed by atoms with Crippen LogP contribution in [0.4, 0.5) is 22.0 Å². The summed E-state index contributed by atoms with van der Waals surface area (Å²) in [5.74, 6) is -2.27. The van der Waals surface area contributed by atoms with Gasteiger partial charge in [-0.1, -0.05) is 57.6 Å². The second-order valence-corrected chi connectivity index (χ2v) is 10.8. The van der Waals surface area contributed by atoms with Crippen molar-refractivity contribution in [3.8, 4) is 5.75 Å². The van der Waals surface area contributed by atoms with E-state index in [1.807, 2.05) is 0 Å². The summed E-state index contributed by atoms with van der Waals surface area (Å²) < 4.78 is 73.5. The number of alkyl halides is 2. The number of halogens is 5. The lowest BCUT2D eigenvalue weighted by Crippen LogP contribution is -2.25. The van der Waals surface area contributed by atoms with Gasteiger partial charge in [-0.2, -0.15) is 8.78 Å². The van der Waals surface area contributed by atoms with E-state index in [1.165, 1.54) is 76.3 Å². The van der Waals surface area contributed by atoms with Crippen LogP contribution in [0, 0.1) is 35.2 Å². The minimum Gasteiger partial charge on any atom is -0.429 e. The van der Waals surface area contributed by atoms with Crippen molar-refractivity contribution in [1.29, 1.82) is 0 Å². The molecule has 0 unspecified atom stereocenters. The van der Waals surface area contributed by atoms with Crippen LogP contribution in [0.3, 0.4) is 0 Å².